The number of imide groups is 1. The molecule has 2 aromatic carbocycles. The molecule has 1 saturated heterocycles. The van der Waals surface area contributed by atoms with Gasteiger partial charge >= 0.3 is 0 Å². The molecule has 30 heavy (non-hydrogen) atoms. The van der Waals surface area contributed by atoms with E-state index >= 15 is 0 Å². The van der Waals surface area contributed by atoms with Crippen molar-refractivity contribution in [1.82, 2.24) is 4.90 Å². The third kappa shape index (κ3) is 5.56. The molecule has 8 heteroatoms. The summed E-state index contributed by atoms with van der Waals surface area (Å²) in [7, 11) is 3.14. The number of methoxy groups -OCH3 is 2. The first-order valence-corrected chi connectivity index (χ1v) is 10.5. The van der Waals surface area contributed by atoms with Crippen LogP contribution in [-0.4, -0.2) is 43.4 Å². The zero-order chi connectivity index (χ0) is 21.5. The quantitative estimate of drug-likeness (QED) is 0.398. The molecule has 1 heterocycles. The first kappa shape index (κ1) is 22.2. The number of carbonyl (C=O) groups is 2. The van der Waals surface area contributed by atoms with E-state index in [-0.39, 0.29) is 11.1 Å². The molecule has 0 saturated carbocycles. The minimum atomic E-state index is -0.289. The Morgan fingerprint density at radius 1 is 1.07 bits per heavy atom. The van der Waals surface area contributed by atoms with Crippen molar-refractivity contribution in [2.45, 2.75) is 13.0 Å². The van der Waals surface area contributed by atoms with Crippen molar-refractivity contribution in [2.75, 3.05) is 27.4 Å². The Bertz CT molecular complexity index is 945. The number of ether oxygens (including phenoxy) is 3. The molecule has 158 valence electrons. The summed E-state index contributed by atoms with van der Waals surface area (Å²) >= 11 is 6.84. The highest BCUT2D eigenvalue weighted by Crippen LogP contribution is 2.34. The van der Waals surface area contributed by atoms with Crippen LogP contribution in [0.3, 0.4) is 0 Å². The van der Waals surface area contributed by atoms with Crippen molar-refractivity contribution in [3.63, 3.8) is 0 Å². The van der Waals surface area contributed by atoms with Gasteiger partial charge in [-0.1, -0.05) is 29.8 Å². The summed E-state index contributed by atoms with van der Waals surface area (Å²) in [5.74, 6) is 0.831. The predicted molar refractivity (Wildman–Crippen MR) is 118 cm³/mol. The third-order valence-electron chi connectivity index (χ3n) is 4.40. The van der Waals surface area contributed by atoms with Crippen LogP contribution in [0.1, 0.15) is 17.5 Å². The number of hydrogen-bond acceptors (Lipinski definition) is 6. The number of halogens is 1. The van der Waals surface area contributed by atoms with E-state index in [1.54, 1.807) is 32.4 Å². The van der Waals surface area contributed by atoms with E-state index in [1.807, 2.05) is 30.3 Å². The van der Waals surface area contributed by atoms with Crippen molar-refractivity contribution in [3.8, 4) is 11.5 Å². The summed E-state index contributed by atoms with van der Waals surface area (Å²) in [4.78, 5) is 26.3. The number of amides is 2. The molecule has 3 rings (SSSR count). The fourth-order valence-corrected chi connectivity index (χ4v) is 3.84. The molecule has 0 spiro atoms. The van der Waals surface area contributed by atoms with Crippen molar-refractivity contribution in [1.29, 1.82) is 0 Å². The molecule has 0 N–H and O–H groups in total. The number of rotatable bonds is 9. The lowest BCUT2D eigenvalue weighted by atomic mass is 10.1. The Labute approximate surface area is 184 Å². The van der Waals surface area contributed by atoms with Gasteiger partial charge in [0.1, 0.15) is 6.61 Å². The Hall–Kier alpha value is -2.48. The predicted octanol–water partition coefficient (Wildman–Crippen LogP) is 5.00. The molecule has 6 nitrogen and oxygen atoms in total. The summed E-state index contributed by atoms with van der Waals surface area (Å²) in [6, 6.07) is 12.8. The van der Waals surface area contributed by atoms with Gasteiger partial charge in [-0.05, 0) is 59.7 Å². The smallest absolute Gasteiger partial charge is 0.293 e. The maximum atomic E-state index is 12.5. The number of nitrogens with zero attached hydrogens (tertiary/aromatic N) is 1. The number of benzene rings is 2. The van der Waals surface area contributed by atoms with Crippen molar-refractivity contribution >= 4 is 40.6 Å². The lowest BCUT2D eigenvalue weighted by Crippen LogP contribution is -2.29. The molecule has 0 radical (unpaired) electrons. The van der Waals surface area contributed by atoms with Gasteiger partial charge in [0, 0.05) is 25.3 Å². The first-order valence-electron chi connectivity index (χ1n) is 9.31. The highest BCUT2D eigenvalue weighted by molar-refractivity contribution is 8.18. The minimum absolute atomic E-state index is 0.266. The Kier molecular flexibility index (Phi) is 7.79. The first-order chi connectivity index (χ1) is 14.5. The molecule has 0 atom stereocenters. The zero-order valence-corrected chi connectivity index (χ0v) is 18.3. The normalized spacial score (nSPS) is 15.2. The van der Waals surface area contributed by atoms with Crippen LogP contribution in [0.25, 0.3) is 6.08 Å². The van der Waals surface area contributed by atoms with Crippen LogP contribution in [0.2, 0.25) is 5.02 Å². The maximum Gasteiger partial charge on any atom is 0.293 e. The van der Waals surface area contributed by atoms with Crippen molar-refractivity contribution < 1.29 is 23.8 Å². The van der Waals surface area contributed by atoms with E-state index in [1.165, 1.54) is 4.90 Å². The van der Waals surface area contributed by atoms with Crippen LogP contribution in [-0.2, 0) is 16.1 Å². The lowest BCUT2D eigenvalue weighted by molar-refractivity contribution is -0.122. The third-order valence-corrected chi connectivity index (χ3v) is 5.56. The van der Waals surface area contributed by atoms with Gasteiger partial charge in [-0.2, -0.15) is 0 Å². The van der Waals surface area contributed by atoms with Gasteiger partial charge in [0.25, 0.3) is 11.1 Å². The van der Waals surface area contributed by atoms with Crippen molar-refractivity contribution in [2.24, 2.45) is 0 Å². The van der Waals surface area contributed by atoms with Crippen molar-refractivity contribution in [3.05, 3.63) is 63.5 Å². The summed E-state index contributed by atoms with van der Waals surface area (Å²) in [6.45, 7) is 1.21. The number of carbonyl (C=O) groups excluding carboxylic acids is 2. The summed E-state index contributed by atoms with van der Waals surface area (Å²) in [5.41, 5.74) is 1.72. The van der Waals surface area contributed by atoms with Crippen LogP contribution in [0.4, 0.5) is 4.79 Å². The molecule has 0 aliphatic carbocycles. The van der Waals surface area contributed by atoms with Gasteiger partial charge in [-0.3, -0.25) is 14.5 Å². The maximum absolute atomic E-state index is 12.5. The van der Waals surface area contributed by atoms with Gasteiger partial charge in [0.15, 0.2) is 11.5 Å². The van der Waals surface area contributed by atoms with Crippen LogP contribution >= 0.6 is 23.4 Å². The van der Waals surface area contributed by atoms with E-state index in [4.69, 9.17) is 25.8 Å². The molecule has 2 aromatic rings. The van der Waals surface area contributed by atoms with E-state index in [9.17, 15) is 9.59 Å². The van der Waals surface area contributed by atoms with Crippen LogP contribution < -0.4 is 9.47 Å². The molecule has 0 aromatic heterocycles. The van der Waals surface area contributed by atoms with E-state index in [0.29, 0.717) is 47.6 Å². The second kappa shape index (κ2) is 10.5. The molecule has 0 unspecified atom stereocenters. The molecular weight excluding hydrogens is 426 g/mol. The van der Waals surface area contributed by atoms with E-state index in [2.05, 4.69) is 0 Å². The van der Waals surface area contributed by atoms with Gasteiger partial charge in [-0.15, -0.1) is 0 Å². The minimum Gasteiger partial charge on any atom is -0.493 e. The largest absolute Gasteiger partial charge is 0.493 e. The Morgan fingerprint density at radius 2 is 1.83 bits per heavy atom. The molecule has 0 bridgehead atoms. The number of thioether (sulfide) groups is 1. The number of hydrogen-bond donors (Lipinski definition) is 0. The summed E-state index contributed by atoms with van der Waals surface area (Å²) < 4.78 is 16.3. The van der Waals surface area contributed by atoms with Gasteiger partial charge in [-0.25, -0.2) is 0 Å². The molecule has 2 amide bonds. The zero-order valence-electron chi connectivity index (χ0n) is 16.7. The van der Waals surface area contributed by atoms with Crippen LogP contribution in [0.5, 0.6) is 11.5 Å². The standard InChI is InChI=1S/C22H22ClNO5S/c1-27-11-3-10-24-21(25)20(30-22(24)26)13-16-6-9-18(19(12-16)28-2)29-14-15-4-7-17(23)8-5-15/h4-9,12-13H,3,10-11,14H2,1-2H3/b20-13+. The fraction of sp³-hybridized carbons (Fsp3) is 0.273. The highest BCUT2D eigenvalue weighted by atomic mass is 35.5. The molecule has 1 aliphatic rings. The second-order valence-corrected chi connectivity index (χ2v) is 7.93. The summed E-state index contributed by atoms with van der Waals surface area (Å²) in [6.07, 6.45) is 2.29. The molecule has 1 fully saturated rings. The molecular formula is C22H22ClNO5S. The average molecular weight is 448 g/mol. The second-order valence-electron chi connectivity index (χ2n) is 6.51. The summed E-state index contributed by atoms with van der Waals surface area (Å²) in [5, 5.41) is 0.404. The monoisotopic (exact) mass is 447 g/mol. The van der Waals surface area contributed by atoms with E-state index < -0.39 is 0 Å². The van der Waals surface area contributed by atoms with E-state index in [0.717, 1.165) is 22.9 Å². The van der Waals surface area contributed by atoms with Crippen LogP contribution in [0, 0.1) is 0 Å². The topological polar surface area (TPSA) is 65.1 Å². The van der Waals surface area contributed by atoms with Gasteiger partial charge < -0.3 is 14.2 Å². The van der Waals surface area contributed by atoms with Gasteiger partial charge in [0.2, 0.25) is 0 Å². The fourth-order valence-electron chi connectivity index (χ4n) is 2.85. The van der Waals surface area contributed by atoms with Gasteiger partial charge in [0.05, 0.1) is 12.0 Å². The average Bonchev–Trinajstić information content (AvgIpc) is 3.01. The highest BCUT2D eigenvalue weighted by Gasteiger charge is 2.34. The van der Waals surface area contributed by atoms with Crippen LogP contribution in [0.15, 0.2) is 47.4 Å². The molecule has 1 aliphatic heterocycles. The SMILES string of the molecule is COCCCN1C(=O)S/C(=C/c2ccc(OCc3ccc(Cl)cc3)c(OC)c2)C1=O. The Balaban J connectivity index is 1.70. The Morgan fingerprint density at radius 3 is 2.53 bits per heavy atom. The lowest BCUT2D eigenvalue weighted by Gasteiger charge is -2.12.